The van der Waals surface area contributed by atoms with Crippen molar-refractivity contribution >= 4 is 5.91 Å². The molecule has 8 heavy (non-hydrogen) atoms. The van der Waals surface area contributed by atoms with Crippen LogP contribution in [0.15, 0.2) is 0 Å². The fourth-order valence-electron chi connectivity index (χ4n) is 0.669. The number of amides is 1. The molecule has 0 aliphatic carbocycles. The Morgan fingerprint density at radius 2 is 2.62 bits per heavy atom. The van der Waals surface area contributed by atoms with Crippen LogP contribution in [0.3, 0.4) is 0 Å². The largest absolute Gasteiger partial charge is 0.358 e. The Labute approximate surface area is 48.0 Å². The average molecular weight is 115 g/mol. The molecule has 0 radical (unpaired) electrons. The van der Waals surface area contributed by atoms with Crippen molar-refractivity contribution in [3.63, 3.8) is 0 Å². The van der Waals surface area contributed by atoms with Gasteiger partial charge in [0.15, 0.2) is 0 Å². The summed E-state index contributed by atoms with van der Waals surface area (Å²) in [5.41, 5.74) is 0. The van der Waals surface area contributed by atoms with Gasteiger partial charge in [0.25, 0.3) is 0 Å². The summed E-state index contributed by atoms with van der Waals surface area (Å²) in [4.78, 5) is 10.5. The number of nitrogens with one attached hydrogen (secondary N) is 1. The highest BCUT2D eigenvalue weighted by Crippen LogP contribution is 1.95. The molecule has 0 aromatic heterocycles. The minimum atomic E-state index is -0.0868. The second kappa shape index (κ2) is 2.13. The van der Waals surface area contributed by atoms with E-state index in [2.05, 4.69) is 5.32 Å². The van der Waals surface area contributed by atoms with Crippen LogP contribution in [0, 0.1) is 0 Å². The van der Waals surface area contributed by atoms with E-state index in [1.54, 1.807) is 0 Å². The van der Waals surface area contributed by atoms with Gasteiger partial charge in [-0.3, -0.25) is 4.79 Å². The Bertz CT molecular complexity index is 103. The molecule has 0 saturated carbocycles. The second-order valence-corrected chi connectivity index (χ2v) is 1.83. The summed E-state index contributed by atoms with van der Waals surface area (Å²) in [6.07, 6.45) is 0.417. The molecule has 1 unspecified atom stereocenters. The standard InChI is InChI=1S/C5H9NO2/c1-4-6-5(7)2-3-8-4/h4H,2-3H2,1H3,(H,6,7). The summed E-state index contributed by atoms with van der Waals surface area (Å²) in [7, 11) is 0. The monoisotopic (exact) mass is 115 g/mol. The first-order chi connectivity index (χ1) is 3.79. The van der Waals surface area contributed by atoms with Crippen molar-refractivity contribution in [1.82, 2.24) is 5.32 Å². The third kappa shape index (κ3) is 1.20. The summed E-state index contributed by atoms with van der Waals surface area (Å²) in [5, 5.41) is 2.62. The third-order valence-corrected chi connectivity index (χ3v) is 1.06. The van der Waals surface area contributed by atoms with Crippen LogP contribution >= 0.6 is 0 Å². The number of carbonyl (C=O) groups is 1. The van der Waals surface area contributed by atoms with Gasteiger partial charge in [0, 0.05) is 0 Å². The smallest absolute Gasteiger partial charge is 0.224 e. The molecular formula is C5H9NO2. The molecule has 1 saturated heterocycles. The minimum absolute atomic E-state index is 0.0868. The number of ether oxygens (including phenoxy) is 1. The molecule has 46 valence electrons. The molecule has 1 fully saturated rings. The summed E-state index contributed by atoms with van der Waals surface area (Å²) < 4.78 is 5.02. The molecule has 1 atom stereocenters. The molecule has 3 heteroatoms. The quantitative estimate of drug-likeness (QED) is 0.477. The van der Waals surface area contributed by atoms with Gasteiger partial charge in [-0.15, -0.1) is 0 Å². The minimum Gasteiger partial charge on any atom is -0.358 e. The van der Waals surface area contributed by atoms with Crippen molar-refractivity contribution in [2.24, 2.45) is 0 Å². The van der Waals surface area contributed by atoms with Crippen LogP contribution < -0.4 is 5.32 Å². The zero-order valence-electron chi connectivity index (χ0n) is 4.81. The van der Waals surface area contributed by atoms with Crippen LogP contribution in [-0.2, 0) is 9.53 Å². The maximum Gasteiger partial charge on any atom is 0.224 e. The second-order valence-electron chi connectivity index (χ2n) is 1.83. The number of hydrogen-bond donors (Lipinski definition) is 1. The molecule has 1 heterocycles. The van der Waals surface area contributed by atoms with E-state index in [4.69, 9.17) is 4.74 Å². The molecule has 0 aromatic carbocycles. The van der Waals surface area contributed by atoms with Crippen LogP contribution in [0.25, 0.3) is 0 Å². The Balaban J connectivity index is 2.34. The molecule has 0 spiro atoms. The topological polar surface area (TPSA) is 38.3 Å². The fraction of sp³-hybridized carbons (Fsp3) is 0.800. The van der Waals surface area contributed by atoms with E-state index in [9.17, 15) is 4.79 Å². The van der Waals surface area contributed by atoms with Crippen LogP contribution in [0.2, 0.25) is 0 Å². The van der Waals surface area contributed by atoms with Crippen molar-refractivity contribution in [3.8, 4) is 0 Å². The number of carbonyl (C=O) groups excluding carboxylic acids is 1. The molecule has 1 rings (SSSR count). The first-order valence-electron chi connectivity index (χ1n) is 2.70. The van der Waals surface area contributed by atoms with E-state index in [-0.39, 0.29) is 12.1 Å². The maximum absolute atomic E-state index is 10.5. The van der Waals surface area contributed by atoms with E-state index < -0.39 is 0 Å². The molecule has 1 amide bonds. The summed E-state index contributed by atoms with van der Waals surface area (Å²) >= 11 is 0. The van der Waals surface area contributed by atoms with Gasteiger partial charge in [0.1, 0.15) is 6.23 Å². The highest BCUT2D eigenvalue weighted by molar-refractivity contribution is 5.76. The highest BCUT2D eigenvalue weighted by atomic mass is 16.5. The van der Waals surface area contributed by atoms with E-state index >= 15 is 0 Å². The predicted molar refractivity (Wildman–Crippen MR) is 28.2 cm³/mol. The zero-order chi connectivity index (χ0) is 5.98. The fourth-order valence-corrected chi connectivity index (χ4v) is 0.669. The Morgan fingerprint density at radius 3 is 3.00 bits per heavy atom. The third-order valence-electron chi connectivity index (χ3n) is 1.06. The van der Waals surface area contributed by atoms with Gasteiger partial charge in [-0.05, 0) is 6.92 Å². The van der Waals surface area contributed by atoms with Crippen molar-refractivity contribution in [3.05, 3.63) is 0 Å². The predicted octanol–water partition coefficient (Wildman–Crippen LogP) is -0.131. The van der Waals surface area contributed by atoms with Crippen molar-refractivity contribution in [2.45, 2.75) is 19.6 Å². The van der Waals surface area contributed by atoms with Crippen LogP contribution in [0.4, 0.5) is 0 Å². The summed E-state index contributed by atoms with van der Waals surface area (Å²) in [5.74, 6) is 0.0868. The van der Waals surface area contributed by atoms with Crippen molar-refractivity contribution in [2.75, 3.05) is 6.61 Å². The SMILES string of the molecule is CC1NC(=O)CCO1. The van der Waals surface area contributed by atoms with Crippen LogP contribution in [0.5, 0.6) is 0 Å². The number of rotatable bonds is 0. The van der Waals surface area contributed by atoms with Crippen molar-refractivity contribution < 1.29 is 9.53 Å². The van der Waals surface area contributed by atoms with Crippen molar-refractivity contribution in [1.29, 1.82) is 0 Å². The van der Waals surface area contributed by atoms with Gasteiger partial charge < -0.3 is 10.1 Å². The van der Waals surface area contributed by atoms with Gasteiger partial charge in [-0.1, -0.05) is 0 Å². The Morgan fingerprint density at radius 1 is 1.88 bits per heavy atom. The molecule has 0 bridgehead atoms. The lowest BCUT2D eigenvalue weighted by molar-refractivity contribution is -0.132. The van der Waals surface area contributed by atoms with E-state index in [0.29, 0.717) is 13.0 Å². The van der Waals surface area contributed by atoms with E-state index in [1.807, 2.05) is 6.92 Å². The lowest BCUT2D eigenvalue weighted by Gasteiger charge is -2.19. The van der Waals surface area contributed by atoms with E-state index in [0.717, 1.165) is 0 Å². The molecule has 1 N–H and O–H groups in total. The Hall–Kier alpha value is -0.570. The summed E-state index contributed by atoms with van der Waals surface area (Å²) in [6.45, 7) is 2.38. The molecule has 0 aromatic rings. The number of hydrogen-bond acceptors (Lipinski definition) is 2. The maximum atomic E-state index is 10.5. The van der Waals surface area contributed by atoms with Crippen LogP contribution in [0.1, 0.15) is 13.3 Å². The zero-order valence-corrected chi connectivity index (χ0v) is 4.81. The Kier molecular flexibility index (Phi) is 1.48. The summed E-state index contributed by atoms with van der Waals surface area (Å²) in [6, 6.07) is 0. The molecule has 3 nitrogen and oxygen atoms in total. The molecule has 1 aliphatic heterocycles. The average Bonchev–Trinajstić information content (AvgIpc) is 1.64. The van der Waals surface area contributed by atoms with Crippen LogP contribution in [-0.4, -0.2) is 18.7 Å². The van der Waals surface area contributed by atoms with Gasteiger partial charge >= 0.3 is 0 Å². The van der Waals surface area contributed by atoms with Gasteiger partial charge in [-0.2, -0.15) is 0 Å². The van der Waals surface area contributed by atoms with Gasteiger partial charge in [-0.25, -0.2) is 0 Å². The first kappa shape index (κ1) is 5.56. The molecule has 1 aliphatic rings. The first-order valence-corrected chi connectivity index (χ1v) is 2.70. The normalized spacial score (nSPS) is 29.6. The lowest BCUT2D eigenvalue weighted by Crippen LogP contribution is -2.40. The van der Waals surface area contributed by atoms with Gasteiger partial charge in [0.05, 0.1) is 13.0 Å². The lowest BCUT2D eigenvalue weighted by atomic mass is 10.4. The highest BCUT2D eigenvalue weighted by Gasteiger charge is 2.12. The molecular weight excluding hydrogens is 106 g/mol. The van der Waals surface area contributed by atoms with E-state index in [1.165, 1.54) is 0 Å². The van der Waals surface area contributed by atoms with Gasteiger partial charge in [0.2, 0.25) is 5.91 Å².